The van der Waals surface area contributed by atoms with Crippen molar-refractivity contribution >= 4 is 14.4 Å². The average molecular weight is 173 g/mol. The number of rotatable bonds is 5. The Bertz CT molecular complexity index is 153. The van der Waals surface area contributed by atoms with Crippen molar-refractivity contribution in [3.63, 3.8) is 0 Å². The summed E-state index contributed by atoms with van der Waals surface area (Å²) in [7, 11) is -1.51. The van der Waals surface area contributed by atoms with Crippen LogP contribution in [0, 0.1) is 0 Å². The maximum absolute atomic E-state index is 9.73. The van der Waals surface area contributed by atoms with Gasteiger partial charge in [0.05, 0.1) is 6.54 Å². The van der Waals surface area contributed by atoms with Crippen LogP contribution >= 0.6 is 0 Å². The third-order valence-electron chi connectivity index (χ3n) is 1.43. The van der Waals surface area contributed by atoms with Crippen molar-refractivity contribution in [2.75, 3.05) is 13.2 Å². The number of hydrogen-bond acceptors (Lipinski definition) is 3. The Morgan fingerprint density at radius 3 is 2.64 bits per heavy atom. The molecule has 0 unspecified atom stereocenters. The molecule has 0 fully saturated rings. The van der Waals surface area contributed by atoms with Crippen LogP contribution in [-0.4, -0.2) is 27.5 Å². The van der Waals surface area contributed by atoms with E-state index in [2.05, 4.69) is 18.1 Å². The van der Waals surface area contributed by atoms with Gasteiger partial charge in [0.25, 0.3) is 0 Å². The minimum atomic E-state index is -1.51. The normalized spacial score (nSPS) is 10.8. The summed E-state index contributed by atoms with van der Waals surface area (Å²) in [5.74, 6) is 0. The molecule has 0 N–H and O–H groups in total. The van der Waals surface area contributed by atoms with E-state index in [4.69, 9.17) is 4.43 Å². The molecule has 0 radical (unpaired) electrons. The molecular formula is C7H15NO2Si. The van der Waals surface area contributed by atoms with Crippen molar-refractivity contribution < 1.29 is 9.22 Å². The molecule has 11 heavy (non-hydrogen) atoms. The first kappa shape index (κ1) is 10.6. The van der Waals surface area contributed by atoms with E-state index in [1.54, 1.807) is 0 Å². The van der Waals surface area contributed by atoms with Crippen LogP contribution in [0.25, 0.3) is 0 Å². The van der Waals surface area contributed by atoms with Gasteiger partial charge in [0.1, 0.15) is 0 Å². The topological polar surface area (TPSA) is 38.7 Å². The Kier molecular flexibility index (Phi) is 5.03. The highest BCUT2D eigenvalue weighted by Gasteiger charge is 2.20. The van der Waals surface area contributed by atoms with Gasteiger partial charge in [-0.1, -0.05) is 0 Å². The van der Waals surface area contributed by atoms with E-state index >= 15 is 0 Å². The predicted molar refractivity (Wildman–Crippen MR) is 46.9 cm³/mol. The summed E-state index contributed by atoms with van der Waals surface area (Å²) in [6.45, 7) is 7.54. The molecule has 3 nitrogen and oxygen atoms in total. The second kappa shape index (κ2) is 5.24. The fourth-order valence-corrected chi connectivity index (χ4v) is 2.41. The third-order valence-corrected chi connectivity index (χ3v) is 3.92. The zero-order valence-corrected chi connectivity index (χ0v) is 8.39. The summed E-state index contributed by atoms with van der Waals surface area (Å²) >= 11 is 0. The molecule has 0 aliphatic rings. The first-order valence-corrected chi connectivity index (χ1v) is 6.91. The highest BCUT2D eigenvalue weighted by Crippen LogP contribution is 2.09. The van der Waals surface area contributed by atoms with Gasteiger partial charge in [-0.05, 0) is 26.1 Å². The van der Waals surface area contributed by atoms with Crippen LogP contribution in [0.5, 0.6) is 0 Å². The molecule has 64 valence electrons. The van der Waals surface area contributed by atoms with Gasteiger partial charge in [-0.3, -0.25) is 0 Å². The first-order valence-electron chi connectivity index (χ1n) is 3.80. The van der Waals surface area contributed by atoms with Crippen molar-refractivity contribution in [2.24, 2.45) is 4.99 Å². The lowest BCUT2D eigenvalue weighted by Gasteiger charge is -2.20. The highest BCUT2D eigenvalue weighted by atomic mass is 28.4. The SMILES string of the molecule is CCO[Si](C)(C)CCN=C=O. The molecule has 0 saturated carbocycles. The van der Waals surface area contributed by atoms with E-state index in [-0.39, 0.29) is 0 Å². The van der Waals surface area contributed by atoms with Gasteiger partial charge >= 0.3 is 0 Å². The second-order valence-corrected chi connectivity index (χ2v) is 7.22. The predicted octanol–water partition coefficient (Wildman–Crippen LogP) is 1.56. The van der Waals surface area contributed by atoms with Crippen LogP contribution in [0.4, 0.5) is 0 Å². The highest BCUT2D eigenvalue weighted by molar-refractivity contribution is 6.71. The van der Waals surface area contributed by atoms with Crippen molar-refractivity contribution in [3.8, 4) is 0 Å². The van der Waals surface area contributed by atoms with E-state index in [0.29, 0.717) is 6.54 Å². The molecule has 0 aromatic heterocycles. The standard InChI is InChI=1S/C7H15NO2Si/c1-4-10-11(2,3)6-5-8-7-9/h4-6H2,1-3H3. The van der Waals surface area contributed by atoms with E-state index in [9.17, 15) is 4.79 Å². The van der Waals surface area contributed by atoms with Crippen molar-refractivity contribution in [2.45, 2.75) is 26.1 Å². The van der Waals surface area contributed by atoms with Crippen molar-refractivity contribution in [3.05, 3.63) is 0 Å². The molecule has 4 heteroatoms. The Labute approximate surface area is 68.6 Å². The average Bonchev–Trinajstić information content (AvgIpc) is 1.87. The van der Waals surface area contributed by atoms with Crippen LogP contribution < -0.4 is 0 Å². The lowest BCUT2D eigenvalue weighted by atomic mass is 10.8. The Morgan fingerprint density at radius 2 is 2.18 bits per heavy atom. The van der Waals surface area contributed by atoms with Gasteiger partial charge in [0.2, 0.25) is 6.08 Å². The summed E-state index contributed by atoms with van der Waals surface area (Å²) in [6.07, 6.45) is 1.52. The number of aliphatic imine (C=N–C) groups is 1. The van der Waals surface area contributed by atoms with Crippen LogP contribution in [0.3, 0.4) is 0 Å². The minimum Gasteiger partial charge on any atom is -0.418 e. The van der Waals surface area contributed by atoms with Gasteiger partial charge < -0.3 is 4.43 Å². The van der Waals surface area contributed by atoms with Crippen molar-refractivity contribution in [1.82, 2.24) is 0 Å². The summed E-state index contributed by atoms with van der Waals surface area (Å²) in [5.41, 5.74) is 0. The molecule has 0 spiro atoms. The zero-order valence-electron chi connectivity index (χ0n) is 7.39. The molecule has 0 atom stereocenters. The number of hydrogen-bond donors (Lipinski definition) is 0. The quantitative estimate of drug-likeness (QED) is 0.359. The lowest BCUT2D eigenvalue weighted by Crippen LogP contribution is -2.30. The maximum atomic E-state index is 9.73. The van der Waals surface area contributed by atoms with Gasteiger partial charge in [-0.25, -0.2) is 9.79 Å². The maximum Gasteiger partial charge on any atom is 0.234 e. The van der Waals surface area contributed by atoms with E-state index in [1.807, 2.05) is 6.92 Å². The number of nitrogens with zero attached hydrogens (tertiary/aromatic N) is 1. The number of carbonyl (C=O) groups excluding carboxylic acids is 1. The molecule has 0 aliphatic carbocycles. The molecule has 0 amide bonds. The van der Waals surface area contributed by atoms with E-state index < -0.39 is 8.32 Å². The summed E-state index contributed by atoms with van der Waals surface area (Å²) in [6, 6.07) is 0.899. The second-order valence-electron chi connectivity index (χ2n) is 2.92. The Hall–Kier alpha value is -0.443. The largest absolute Gasteiger partial charge is 0.418 e. The van der Waals surface area contributed by atoms with Gasteiger partial charge in [0.15, 0.2) is 8.32 Å². The molecule has 0 aromatic carbocycles. The van der Waals surface area contributed by atoms with Crippen LogP contribution in [0.2, 0.25) is 19.1 Å². The molecule has 0 saturated heterocycles. The monoisotopic (exact) mass is 173 g/mol. The van der Waals surface area contributed by atoms with Gasteiger partial charge in [-0.15, -0.1) is 0 Å². The minimum absolute atomic E-state index is 0.558. The summed E-state index contributed by atoms with van der Waals surface area (Å²) < 4.78 is 5.52. The van der Waals surface area contributed by atoms with E-state index in [0.717, 1.165) is 12.7 Å². The van der Waals surface area contributed by atoms with E-state index in [1.165, 1.54) is 6.08 Å². The molecule has 0 aliphatic heterocycles. The third kappa shape index (κ3) is 5.98. The molecule has 0 aromatic rings. The van der Waals surface area contributed by atoms with Crippen molar-refractivity contribution in [1.29, 1.82) is 0 Å². The summed E-state index contributed by atoms with van der Waals surface area (Å²) in [5, 5.41) is 0. The molecule has 0 rings (SSSR count). The smallest absolute Gasteiger partial charge is 0.234 e. The van der Waals surface area contributed by atoms with Crippen LogP contribution in [-0.2, 0) is 9.22 Å². The number of isocyanates is 1. The summed E-state index contributed by atoms with van der Waals surface area (Å²) in [4.78, 5) is 13.2. The fraction of sp³-hybridized carbons (Fsp3) is 0.857. The van der Waals surface area contributed by atoms with Gasteiger partial charge in [-0.2, -0.15) is 0 Å². The van der Waals surface area contributed by atoms with Gasteiger partial charge in [0, 0.05) is 6.61 Å². The molecule has 0 bridgehead atoms. The Morgan fingerprint density at radius 1 is 1.55 bits per heavy atom. The fourth-order valence-electron chi connectivity index (χ4n) is 0.834. The lowest BCUT2D eigenvalue weighted by molar-refractivity contribution is 0.329. The van der Waals surface area contributed by atoms with Crippen LogP contribution in [0.15, 0.2) is 4.99 Å². The molecule has 0 heterocycles. The Balaban J connectivity index is 3.62. The molecular weight excluding hydrogens is 158 g/mol. The first-order chi connectivity index (χ1) is 5.12. The van der Waals surface area contributed by atoms with Crippen LogP contribution in [0.1, 0.15) is 6.92 Å². The zero-order chi connectivity index (χ0) is 8.74.